The molecule has 1 saturated carbocycles. The van der Waals surface area contributed by atoms with E-state index in [1.54, 1.807) is 12.4 Å². The normalized spacial score (nSPS) is 16.7. The fourth-order valence-electron chi connectivity index (χ4n) is 1.47. The van der Waals surface area contributed by atoms with Gasteiger partial charge in [-0.2, -0.15) is 0 Å². The van der Waals surface area contributed by atoms with Gasteiger partial charge < -0.3 is 10.6 Å². The zero-order valence-corrected chi connectivity index (χ0v) is 7.77. The van der Waals surface area contributed by atoms with E-state index in [0.29, 0.717) is 11.9 Å². The minimum Gasteiger partial charge on any atom is -0.382 e. The molecule has 1 heterocycles. The fraction of sp³-hybridized carbons (Fsp3) is 0.556. The van der Waals surface area contributed by atoms with E-state index < -0.39 is 0 Å². The number of aromatic nitrogens is 2. The molecule has 1 aromatic rings. The van der Waals surface area contributed by atoms with E-state index in [4.69, 9.17) is 5.73 Å². The summed E-state index contributed by atoms with van der Waals surface area (Å²) in [5.41, 5.74) is 5.46. The van der Waals surface area contributed by atoms with Crippen LogP contribution < -0.4 is 10.6 Å². The maximum absolute atomic E-state index is 5.46. The number of hydrogen-bond acceptors (Lipinski definition) is 4. The second-order valence-corrected chi connectivity index (χ2v) is 3.50. The van der Waals surface area contributed by atoms with Gasteiger partial charge in [0, 0.05) is 13.1 Å². The number of rotatable bonds is 2. The molecule has 2 N–H and O–H groups in total. The predicted octanol–water partition coefficient (Wildman–Crippen LogP) is 1.05. The number of nitrogens with zero attached hydrogens (tertiary/aromatic N) is 3. The third-order valence-corrected chi connectivity index (χ3v) is 2.64. The first-order valence-corrected chi connectivity index (χ1v) is 4.58. The van der Waals surface area contributed by atoms with Crippen molar-refractivity contribution in [3.05, 3.63) is 12.4 Å². The molecular formula is C9H14N4. The van der Waals surface area contributed by atoms with Gasteiger partial charge in [-0.05, 0) is 19.3 Å². The van der Waals surface area contributed by atoms with Gasteiger partial charge in [0.15, 0.2) is 0 Å². The molecule has 13 heavy (non-hydrogen) atoms. The Labute approximate surface area is 77.8 Å². The van der Waals surface area contributed by atoms with Crippen molar-refractivity contribution in [2.24, 2.45) is 0 Å². The molecule has 1 aliphatic rings. The summed E-state index contributed by atoms with van der Waals surface area (Å²) in [6.07, 6.45) is 7.20. The highest BCUT2D eigenvalue weighted by molar-refractivity contribution is 5.39. The minimum atomic E-state index is 0.478. The largest absolute Gasteiger partial charge is 0.382 e. The first kappa shape index (κ1) is 8.29. The molecule has 0 spiro atoms. The first-order chi connectivity index (χ1) is 6.27. The molecule has 0 aliphatic heterocycles. The van der Waals surface area contributed by atoms with Gasteiger partial charge in [0.1, 0.15) is 11.6 Å². The lowest BCUT2D eigenvalue weighted by Crippen LogP contribution is -2.37. The second kappa shape index (κ2) is 3.20. The molecule has 1 aliphatic carbocycles. The van der Waals surface area contributed by atoms with Crippen molar-refractivity contribution in [1.82, 2.24) is 9.97 Å². The van der Waals surface area contributed by atoms with Crippen LogP contribution in [0.15, 0.2) is 12.4 Å². The maximum atomic E-state index is 5.46. The Morgan fingerprint density at radius 1 is 1.38 bits per heavy atom. The van der Waals surface area contributed by atoms with Crippen LogP contribution in [-0.4, -0.2) is 23.1 Å². The van der Waals surface area contributed by atoms with Gasteiger partial charge in [0.2, 0.25) is 0 Å². The van der Waals surface area contributed by atoms with Crippen LogP contribution in [0.5, 0.6) is 0 Å². The van der Waals surface area contributed by atoms with Gasteiger partial charge in [0.25, 0.3) is 0 Å². The highest BCUT2D eigenvalue weighted by Gasteiger charge is 2.22. The molecule has 70 valence electrons. The Hall–Kier alpha value is -1.32. The maximum Gasteiger partial charge on any atom is 0.147 e. The molecular weight excluding hydrogens is 164 g/mol. The van der Waals surface area contributed by atoms with Crippen LogP contribution in [0, 0.1) is 0 Å². The average Bonchev–Trinajstić information content (AvgIpc) is 2.02. The summed E-state index contributed by atoms with van der Waals surface area (Å²) in [7, 11) is 2.06. The lowest BCUT2D eigenvalue weighted by atomic mass is 9.92. The predicted molar refractivity (Wildman–Crippen MR) is 52.5 cm³/mol. The smallest absolute Gasteiger partial charge is 0.147 e. The summed E-state index contributed by atoms with van der Waals surface area (Å²) in [6.45, 7) is 0. The molecule has 0 amide bonds. The van der Waals surface area contributed by atoms with Gasteiger partial charge in [-0.25, -0.2) is 9.97 Å². The monoisotopic (exact) mass is 178 g/mol. The van der Waals surface area contributed by atoms with Crippen LogP contribution in [0.2, 0.25) is 0 Å². The summed E-state index contributed by atoms with van der Waals surface area (Å²) in [5.74, 6) is 1.39. The second-order valence-electron chi connectivity index (χ2n) is 3.50. The topological polar surface area (TPSA) is 55.0 Å². The van der Waals surface area contributed by atoms with E-state index >= 15 is 0 Å². The SMILES string of the molecule is CN(c1cnc(N)cn1)C1CCC1. The van der Waals surface area contributed by atoms with Gasteiger partial charge in [0.05, 0.1) is 12.4 Å². The minimum absolute atomic E-state index is 0.478. The molecule has 0 radical (unpaired) electrons. The third-order valence-electron chi connectivity index (χ3n) is 2.64. The van der Waals surface area contributed by atoms with Gasteiger partial charge in [-0.3, -0.25) is 0 Å². The number of nitrogens with two attached hydrogens (primary N) is 1. The van der Waals surface area contributed by atoms with E-state index in [1.807, 2.05) is 0 Å². The van der Waals surface area contributed by atoms with E-state index in [0.717, 1.165) is 5.82 Å². The van der Waals surface area contributed by atoms with Gasteiger partial charge in [-0.15, -0.1) is 0 Å². The van der Waals surface area contributed by atoms with Crippen LogP contribution in [0.25, 0.3) is 0 Å². The standard InChI is InChI=1S/C9H14N4/c1-13(7-3-2-4-7)9-6-11-8(10)5-12-9/h5-7H,2-4H2,1H3,(H2,10,11). The van der Waals surface area contributed by atoms with Crippen LogP contribution in [0.4, 0.5) is 11.6 Å². The van der Waals surface area contributed by atoms with Crippen LogP contribution >= 0.6 is 0 Å². The van der Waals surface area contributed by atoms with Crippen molar-refractivity contribution >= 4 is 11.6 Å². The summed E-state index contributed by atoms with van der Waals surface area (Å²) in [5, 5.41) is 0. The fourth-order valence-corrected chi connectivity index (χ4v) is 1.47. The highest BCUT2D eigenvalue weighted by atomic mass is 15.2. The van der Waals surface area contributed by atoms with Crippen molar-refractivity contribution in [3.63, 3.8) is 0 Å². The summed E-state index contributed by atoms with van der Waals surface area (Å²) in [4.78, 5) is 10.4. The number of nitrogen functional groups attached to an aromatic ring is 1. The summed E-state index contributed by atoms with van der Waals surface area (Å²) in [6, 6.07) is 0.651. The molecule has 0 bridgehead atoms. The molecule has 4 nitrogen and oxygen atoms in total. The van der Waals surface area contributed by atoms with Gasteiger partial charge in [-0.1, -0.05) is 0 Å². The lowest BCUT2D eigenvalue weighted by molar-refractivity contribution is 0.399. The van der Waals surface area contributed by atoms with Crippen molar-refractivity contribution < 1.29 is 0 Å². The van der Waals surface area contributed by atoms with E-state index in [9.17, 15) is 0 Å². The van der Waals surface area contributed by atoms with E-state index in [2.05, 4.69) is 21.9 Å². The zero-order valence-electron chi connectivity index (χ0n) is 7.77. The number of anilines is 2. The molecule has 0 unspecified atom stereocenters. The van der Waals surface area contributed by atoms with Crippen molar-refractivity contribution in [2.45, 2.75) is 25.3 Å². The molecule has 1 fully saturated rings. The Kier molecular flexibility index (Phi) is 2.04. The van der Waals surface area contributed by atoms with Crippen molar-refractivity contribution in [3.8, 4) is 0 Å². The zero-order chi connectivity index (χ0) is 9.26. The Bertz CT molecular complexity index is 278. The molecule has 2 rings (SSSR count). The lowest BCUT2D eigenvalue weighted by Gasteiger charge is -2.35. The Morgan fingerprint density at radius 3 is 2.62 bits per heavy atom. The van der Waals surface area contributed by atoms with Crippen LogP contribution in [0.1, 0.15) is 19.3 Å². The summed E-state index contributed by atoms with van der Waals surface area (Å²) < 4.78 is 0. The third kappa shape index (κ3) is 1.56. The van der Waals surface area contributed by atoms with Crippen LogP contribution in [0.3, 0.4) is 0 Å². The Balaban J connectivity index is 2.10. The number of hydrogen-bond donors (Lipinski definition) is 1. The van der Waals surface area contributed by atoms with E-state index in [1.165, 1.54) is 19.3 Å². The molecule has 0 aromatic carbocycles. The molecule has 4 heteroatoms. The quantitative estimate of drug-likeness (QED) is 0.735. The Morgan fingerprint density at radius 2 is 2.15 bits per heavy atom. The van der Waals surface area contributed by atoms with Crippen LogP contribution in [-0.2, 0) is 0 Å². The van der Waals surface area contributed by atoms with Gasteiger partial charge >= 0.3 is 0 Å². The summed E-state index contributed by atoms with van der Waals surface area (Å²) >= 11 is 0. The molecule has 0 atom stereocenters. The molecule has 0 saturated heterocycles. The van der Waals surface area contributed by atoms with Crippen molar-refractivity contribution in [2.75, 3.05) is 17.7 Å². The first-order valence-electron chi connectivity index (χ1n) is 4.58. The van der Waals surface area contributed by atoms with Crippen molar-refractivity contribution in [1.29, 1.82) is 0 Å². The van der Waals surface area contributed by atoms with E-state index in [-0.39, 0.29) is 0 Å². The highest BCUT2D eigenvalue weighted by Crippen LogP contribution is 2.26. The molecule has 1 aromatic heterocycles. The average molecular weight is 178 g/mol.